The minimum absolute atomic E-state index is 0.179. The third kappa shape index (κ3) is 4.25. The van der Waals surface area contributed by atoms with Gasteiger partial charge in [-0.15, -0.1) is 0 Å². The first-order valence-corrected chi connectivity index (χ1v) is 8.57. The number of benzene rings is 1. The van der Waals surface area contributed by atoms with Crippen LogP contribution in [0.25, 0.3) is 5.69 Å². The number of hydrogen-bond acceptors (Lipinski definition) is 4. The van der Waals surface area contributed by atoms with Crippen molar-refractivity contribution >= 4 is 29.1 Å². The summed E-state index contributed by atoms with van der Waals surface area (Å²) >= 11 is 7.98. The van der Waals surface area contributed by atoms with E-state index in [1.807, 2.05) is 42.1 Å². The summed E-state index contributed by atoms with van der Waals surface area (Å²) in [7, 11) is 0. The summed E-state index contributed by atoms with van der Waals surface area (Å²) in [5, 5.41) is 7.53. The fraction of sp³-hybridized carbons (Fsp3) is 0.333. The average molecular weight is 324 g/mol. The molecule has 1 heterocycles. The minimum Gasteiger partial charge on any atom is -0.382 e. The Kier molecular flexibility index (Phi) is 6.14. The molecule has 0 aliphatic heterocycles. The molecule has 0 aliphatic rings. The molecule has 0 atom stereocenters. The van der Waals surface area contributed by atoms with Gasteiger partial charge >= 0.3 is 0 Å². The molecule has 0 saturated heterocycles. The van der Waals surface area contributed by atoms with Gasteiger partial charge in [0.1, 0.15) is 5.02 Å². The van der Waals surface area contributed by atoms with Gasteiger partial charge in [-0.2, -0.15) is 21.5 Å². The topological polar surface area (TPSA) is 46.9 Å². The van der Waals surface area contributed by atoms with Gasteiger partial charge in [-0.05, 0) is 37.0 Å². The predicted octanol–water partition coefficient (Wildman–Crippen LogP) is 3.44. The zero-order valence-electron chi connectivity index (χ0n) is 11.9. The lowest BCUT2D eigenvalue weighted by Gasteiger charge is -2.10. The maximum absolute atomic E-state index is 12.3. The van der Waals surface area contributed by atoms with Crippen LogP contribution in [0.2, 0.25) is 5.02 Å². The Morgan fingerprint density at radius 2 is 2.05 bits per heavy atom. The summed E-state index contributed by atoms with van der Waals surface area (Å²) in [6, 6.07) is 9.24. The minimum atomic E-state index is -0.308. The molecule has 0 aliphatic carbocycles. The van der Waals surface area contributed by atoms with E-state index < -0.39 is 0 Å². The van der Waals surface area contributed by atoms with E-state index in [1.165, 1.54) is 4.68 Å². The molecule has 0 saturated carbocycles. The first-order valence-electron chi connectivity index (χ1n) is 6.80. The summed E-state index contributed by atoms with van der Waals surface area (Å²) < 4.78 is 1.31. The van der Waals surface area contributed by atoms with Gasteiger partial charge < -0.3 is 5.32 Å². The monoisotopic (exact) mass is 323 g/mol. The van der Waals surface area contributed by atoms with Crippen molar-refractivity contribution in [3.05, 3.63) is 51.9 Å². The first kappa shape index (κ1) is 15.9. The van der Waals surface area contributed by atoms with Gasteiger partial charge in [0.15, 0.2) is 0 Å². The molecule has 4 nitrogen and oxygen atoms in total. The Balaban J connectivity index is 2.09. The zero-order valence-corrected chi connectivity index (χ0v) is 13.5. The lowest BCUT2D eigenvalue weighted by molar-refractivity contribution is 0.801. The molecule has 0 amide bonds. The van der Waals surface area contributed by atoms with Crippen LogP contribution in [-0.2, 0) is 0 Å². The second kappa shape index (κ2) is 8.10. The normalized spacial score (nSPS) is 10.6. The van der Waals surface area contributed by atoms with Crippen LogP contribution in [-0.4, -0.2) is 28.3 Å². The number of unbranched alkanes of at least 4 members (excludes halogenated alkanes) is 1. The van der Waals surface area contributed by atoms with E-state index >= 15 is 0 Å². The Hall–Kier alpha value is -1.46. The number of hydrogen-bond donors (Lipinski definition) is 1. The molecule has 6 heteroatoms. The van der Waals surface area contributed by atoms with Crippen LogP contribution in [0.1, 0.15) is 12.8 Å². The molecule has 2 aromatic rings. The van der Waals surface area contributed by atoms with Gasteiger partial charge in [0.2, 0.25) is 0 Å². The fourth-order valence-corrected chi connectivity index (χ4v) is 2.59. The highest BCUT2D eigenvalue weighted by Gasteiger charge is 2.09. The number of anilines is 1. The molecule has 1 N–H and O–H groups in total. The predicted molar refractivity (Wildman–Crippen MR) is 90.9 cm³/mol. The summed E-state index contributed by atoms with van der Waals surface area (Å²) in [5.41, 5.74) is 0.992. The van der Waals surface area contributed by atoms with Crippen molar-refractivity contribution in [3.63, 3.8) is 0 Å². The molecule has 1 aromatic carbocycles. The highest BCUT2D eigenvalue weighted by atomic mass is 35.5. The molecule has 2 rings (SSSR count). The van der Waals surface area contributed by atoms with Gasteiger partial charge in [0, 0.05) is 6.54 Å². The number of para-hydroxylation sites is 1. The molecule has 0 radical (unpaired) electrons. The van der Waals surface area contributed by atoms with Gasteiger partial charge in [-0.1, -0.05) is 29.8 Å². The Morgan fingerprint density at radius 1 is 1.29 bits per heavy atom. The van der Waals surface area contributed by atoms with Crippen LogP contribution >= 0.6 is 23.4 Å². The van der Waals surface area contributed by atoms with Crippen molar-refractivity contribution in [2.45, 2.75) is 12.8 Å². The summed E-state index contributed by atoms with van der Waals surface area (Å²) in [6.07, 6.45) is 5.88. The van der Waals surface area contributed by atoms with Crippen LogP contribution < -0.4 is 10.9 Å². The second-order valence-corrected chi connectivity index (χ2v) is 5.91. The van der Waals surface area contributed by atoms with Crippen LogP contribution in [0.3, 0.4) is 0 Å². The Labute approximate surface area is 133 Å². The lowest BCUT2D eigenvalue weighted by Crippen LogP contribution is -2.22. The number of rotatable bonds is 7. The van der Waals surface area contributed by atoms with Crippen molar-refractivity contribution in [3.8, 4) is 5.69 Å². The van der Waals surface area contributed by atoms with Crippen LogP contribution in [0.5, 0.6) is 0 Å². The third-order valence-corrected chi connectivity index (χ3v) is 4.07. The van der Waals surface area contributed by atoms with Gasteiger partial charge in [-0.3, -0.25) is 4.79 Å². The number of nitrogens with one attached hydrogen (secondary N) is 1. The summed E-state index contributed by atoms with van der Waals surface area (Å²) in [4.78, 5) is 12.3. The average Bonchev–Trinajstić information content (AvgIpc) is 2.52. The maximum Gasteiger partial charge on any atom is 0.292 e. The number of halogens is 1. The second-order valence-electron chi connectivity index (χ2n) is 4.55. The number of aromatic nitrogens is 2. The first-order chi connectivity index (χ1) is 10.2. The van der Waals surface area contributed by atoms with Crippen LogP contribution in [0, 0.1) is 0 Å². The maximum atomic E-state index is 12.3. The molecule has 0 unspecified atom stereocenters. The molecule has 0 fully saturated rings. The third-order valence-electron chi connectivity index (χ3n) is 3.01. The van der Waals surface area contributed by atoms with Crippen molar-refractivity contribution in [2.75, 3.05) is 23.9 Å². The number of thioether (sulfide) groups is 1. The van der Waals surface area contributed by atoms with Gasteiger partial charge in [-0.25, -0.2) is 0 Å². The highest BCUT2D eigenvalue weighted by molar-refractivity contribution is 7.98. The molecular weight excluding hydrogens is 306 g/mol. The molecule has 1 aromatic heterocycles. The van der Waals surface area contributed by atoms with Crippen LogP contribution in [0.4, 0.5) is 5.69 Å². The van der Waals surface area contributed by atoms with Crippen molar-refractivity contribution in [2.24, 2.45) is 0 Å². The molecule has 112 valence electrons. The van der Waals surface area contributed by atoms with E-state index in [9.17, 15) is 4.79 Å². The van der Waals surface area contributed by atoms with E-state index in [0.717, 1.165) is 25.1 Å². The van der Waals surface area contributed by atoms with Gasteiger partial charge in [0.25, 0.3) is 5.56 Å². The highest BCUT2D eigenvalue weighted by Crippen LogP contribution is 2.16. The zero-order chi connectivity index (χ0) is 15.1. The quantitative estimate of drug-likeness (QED) is 0.793. The smallest absolute Gasteiger partial charge is 0.292 e. The molecule has 21 heavy (non-hydrogen) atoms. The lowest BCUT2D eigenvalue weighted by atomic mass is 10.3. The van der Waals surface area contributed by atoms with Crippen molar-refractivity contribution in [1.29, 1.82) is 0 Å². The van der Waals surface area contributed by atoms with E-state index in [0.29, 0.717) is 11.4 Å². The van der Waals surface area contributed by atoms with Gasteiger partial charge in [0.05, 0.1) is 17.6 Å². The summed E-state index contributed by atoms with van der Waals surface area (Å²) in [6.45, 7) is 0.788. The Bertz CT molecular complexity index is 631. The van der Waals surface area contributed by atoms with E-state index in [-0.39, 0.29) is 10.6 Å². The van der Waals surface area contributed by atoms with E-state index in [4.69, 9.17) is 11.6 Å². The standard InChI is InChI=1S/C15H18ClN3OS/c1-21-10-6-5-9-17-13-11-18-19(15(20)14(13)16)12-7-3-2-4-8-12/h2-4,7-8,11,17H,5-6,9-10H2,1H3. The Morgan fingerprint density at radius 3 is 2.76 bits per heavy atom. The molecule has 0 bridgehead atoms. The molecule has 0 spiro atoms. The van der Waals surface area contributed by atoms with Crippen LogP contribution in [0.15, 0.2) is 41.3 Å². The number of nitrogens with zero attached hydrogens (tertiary/aromatic N) is 2. The van der Waals surface area contributed by atoms with E-state index in [1.54, 1.807) is 6.20 Å². The van der Waals surface area contributed by atoms with Crippen molar-refractivity contribution in [1.82, 2.24) is 9.78 Å². The SMILES string of the molecule is CSCCCCNc1cnn(-c2ccccc2)c(=O)c1Cl. The molecular formula is C15H18ClN3OS. The van der Waals surface area contributed by atoms with Crippen molar-refractivity contribution < 1.29 is 0 Å². The largest absolute Gasteiger partial charge is 0.382 e. The fourth-order valence-electron chi connectivity index (χ4n) is 1.90. The summed E-state index contributed by atoms with van der Waals surface area (Å²) in [5.74, 6) is 1.14. The van der Waals surface area contributed by atoms with E-state index in [2.05, 4.69) is 16.7 Å².